The number of ether oxygens (including phenoxy) is 1. The quantitative estimate of drug-likeness (QED) is 0.529. The molecule has 0 bridgehead atoms. The summed E-state index contributed by atoms with van der Waals surface area (Å²) in [6.45, 7) is 1.77. The minimum atomic E-state index is -0.459. The van der Waals surface area contributed by atoms with Crippen molar-refractivity contribution in [3.63, 3.8) is 0 Å². The molecule has 3 aromatic rings. The molecule has 0 radical (unpaired) electrons. The molecule has 1 heterocycles. The van der Waals surface area contributed by atoms with E-state index in [9.17, 15) is 9.59 Å². The highest BCUT2D eigenvalue weighted by molar-refractivity contribution is 7.18. The molecule has 25 heavy (non-hydrogen) atoms. The molecule has 0 amide bonds. The molecule has 0 saturated heterocycles. The van der Waals surface area contributed by atoms with Crippen LogP contribution in [0.25, 0.3) is 0 Å². The summed E-state index contributed by atoms with van der Waals surface area (Å²) in [5.41, 5.74) is 2.46. The van der Waals surface area contributed by atoms with Gasteiger partial charge in [0.05, 0.1) is 17.6 Å². The van der Waals surface area contributed by atoms with Gasteiger partial charge in [-0.1, -0.05) is 48.5 Å². The van der Waals surface area contributed by atoms with E-state index in [0.29, 0.717) is 26.6 Å². The Balaban J connectivity index is 2.06. The summed E-state index contributed by atoms with van der Waals surface area (Å²) in [4.78, 5) is 25.6. The third-order valence-corrected chi connectivity index (χ3v) is 5.02. The van der Waals surface area contributed by atoms with Crippen molar-refractivity contribution < 1.29 is 14.3 Å². The fraction of sp³-hybridized carbons (Fsp3) is 0.100. The van der Waals surface area contributed by atoms with Gasteiger partial charge in [-0.3, -0.25) is 4.79 Å². The first-order valence-electron chi connectivity index (χ1n) is 7.75. The molecular formula is C20H17NO3S. The number of rotatable bonds is 5. The second-order valence-corrected chi connectivity index (χ2v) is 6.46. The summed E-state index contributed by atoms with van der Waals surface area (Å²) >= 11 is 1.27. The van der Waals surface area contributed by atoms with Crippen molar-refractivity contribution in [1.29, 1.82) is 0 Å². The smallest absolute Gasteiger partial charge is 0.341 e. The Morgan fingerprint density at radius 2 is 1.56 bits per heavy atom. The van der Waals surface area contributed by atoms with Crippen LogP contribution in [0.15, 0.2) is 60.7 Å². The molecule has 0 saturated carbocycles. The maximum Gasteiger partial charge on any atom is 0.341 e. The molecule has 0 fully saturated rings. The van der Waals surface area contributed by atoms with E-state index in [1.54, 1.807) is 19.1 Å². The van der Waals surface area contributed by atoms with Crippen LogP contribution in [-0.2, 0) is 4.74 Å². The van der Waals surface area contributed by atoms with E-state index in [-0.39, 0.29) is 5.78 Å². The summed E-state index contributed by atoms with van der Waals surface area (Å²) in [6, 6.07) is 18.5. The van der Waals surface area contributed by atoms with Crippen LogP contribution < -0.4 is 5.32 Å². The highest BCUT2D eigenvalue weighted by atomic mass is 32.1. The Hall–Kier alpha value is -2.92. The number of anilines is 2. The van der Waals surface area contributed by atoms with Gasteiger partial charge in [-0.15, -0.1) is 11.3 Å². The zero-order valence-electron chi connectivity index (χ0n) is 13.9. The molecule has 4 nitrogen and oxygen atoms in total. The van der Waals surface area contributed by atoms with Gasteiger partial charge in [0.15, 0.2) is 0 Å². The number of hydrogen-bond acceptors (Lipinski definition) is 5. The van der Waals surface area contributed by atoms with Crippen molar-refractivity contribution in [2.24, 2.45) is 0 Å². The average Bonchev–Trinajstić information content (AvgIpc) is 2.98. The number of carbonyl (C=O) groups excluding carboxylic acids is 2. The lowest BCUT2D eigenvalue weighted by Crippen LogP contribution is -2.06. The maximum atomic E-state index is 12.8. The van der Waals surface area contributed by atoms with Crippen molar-refractivity contribution >= 4 is 33.8 Å². The lowest BCUT2D eigenvalue weighted by molar-refractivity contribution is 0.0601. The predicted molar refractivity (Wildman–Crippen MR) is 100.0 cm³/mol. The second-order valence-electron chi connectivity index (χ2n) is 5.44. The fourth-order valence-corrected chi connectivity index (χ4v) is 3.72. The lowest BCUT2D eigenvalue weighted by Gasteiger charge is -2.06. The molecule has 126 valence electrons. The Labute approximate surface area is 150 Å². The summed E-state index contributed by atoms with van der Waals surface area (Å²) in [5, 5.41) is 3.83. The van der Waals surface area contributed by atoms with Crippen LogP contribution in [-0.4, -0.2) is 18.9 Å². The Morgan fingerprint density at radius 3 is 2.16 bits per heavy atom. The molecule has 2 aromatic carbocycles. The van der Waals surface area contributed by atoms with E-state index in [2.05, 4.69) is 5.32 Å². The topological polar surface area (TPSA) is 55.4 Å². The Bertz CT molecular complexity index is 901. The molecule has 5 heteroatoms. The van der Waals surface area contributed by atoms with Crippen LogP contribution >= 0.6 is 11.3 Å². The third-order valence-electron chi connectivity index (χ3n) is 3.81. The van der Waals surface area contributed by atoms with Crippen molar-refractivity contribution in [2.75, 3.05) is 12.4 Å². The van der Waals surface area contributed by atoms with Gasteiger partial charge in [0, 0.05) is 11.3 Å². The van der Waals surface area contributed by atoms with Crippen LogP contribution in [0.1, 0.15) is 31.2 Å². The molecule has 3 rings (SSSR count). The average molecular weight is 351 g/mol. The van der Waals surface area contributed by atoms with E-state index >= 15 is 0 Å². The van der Waals surface area contributed by atoms with Crippen LogP contribution in [0.3, 0.4) is 0 Å². The maximum absolute atomic E-state index is 12.8. The number of thiophene rings is 1. The minimum absolute atomic E-state index is 0.102. The summed E-state index contributed by atoms with van der Waals surface area (Å²) in [5.74, 6) is -0.561. The normalized spacial score (nSPS) is 10.3. The van der Waals surface area contributed by atoms with Crippen LogP contribution in [0.2, 0.25) is 0 Å². The van der Waals surface area contributed by atoms with Gasteiger partial charge < -0.3 is 10.1 Å². The predicted octanol–water partition coefficient (Wildman–Crippen LogP) is 4.82. The first-order valence-corrected chi connectivity index (χ1v) is 8.57. The summed E-state index contributed by atoms with van der Waals surface area (Å²) in [7, 11) is 1.34. The number of methoxy groups -OCH3 is 1. The molecule has 1 aromatic heterocycles. The largest absolute Gasteiger partial charge is 0.465 e. The van der Waals surface area contributed by atoms with Gasteiger partial charge in [0.2, 0.25) is 5.78 Å². The van der Waals surface area contributed by atoms with Crippen molar-refractivity contribution in [1.82, 2.24) is 0 Å². The summed E-state index contributed by atoms with van der Waals surface area (Å²) in [6.07, 6.45) is 0. The van der Waals surface area contributed by atoms with Gasteiger partial charge in [-0.25, -0.2) is 4.79 Å². The van der Waals surface area contributed by atoms with E-state index < -0.39 is 5.97 Å². The number of benzene rings is 2. The number of nitrogens with one attached hydrogen (secondary N) is 1. The van der Waals surface area contributed by atoms with Crippen LogP contribution in [0.4, 0.5) is 10.7 Å². The van der Waals surface area contributed by atoms with E-state index in [0.717, 1.165) is 5.69 Å². The van der Waals surface area contributed by atoms with Crippen molar-refractivity contribution in [3.05, 3.63) is 82.2 Å². The highest BCUT2D eigenvalue weighted by Crippen LogP contribution is 2.36. The molecule has 0 aliphatic heterocycles. The van der Waals surface area contributed by atoms with Crippen LogP contribution in [0, 0.1) is 6.92 Å². The third kappa shape index (κ3) is 3.46. The van der Waals surface area contributed by atoms with Crippen molar-refractivity contribution in [3.8, 4) is 0 Å². The fourth-order valence-electron chi connectivity index (χ4n) is 2.54. The van der Waals surface area contributed by atoms with E-state index in [4.69, 9.17) is 4.74 Å². The molecular weight excluding hydrogens is 334 g/mol. The lowest BCUT2D eigenvalue weighted by atomic mass is 10.0. The molecule has 0 aliphatic rings. The minimum Gasteiger partial charge on any atom is -0.465 e. The zero-order chi connectivity index (χ0) is 17.8. The van der Waals surface area contributed by atoms with Gasteiger partial charge in [0.25, 0.3) is 0 Å². The number of hydrogen-bond donors (Lipinski definition) is 1. The standard InChI is InChI=1S/C20H17NO3S/c1-13-16(20(23)24-2)19(21-15-11-7-4-8-12-15)25-18(13)17(22)14-9-5-3-6-10-14/h3-12,21H,1-2H3. The first-order chi connectivity index (χ1) is 12.1. The monoisotopic (exact) mass is 351 g/mol. The number of carbonyl (C=O) groups is 2. The Kier molecular flexibility index (Phi) is 4.95. The number of esters is 1. The van der Waals surface area contributed by atoms with Gasteiger partial charge in [-0.2, -0.15) is 0 Å². The zero-order valence-corrected chi connectivity index (χ0v) is 14.7. The first kappa shape index (κ1) is 16.9. The molecule has 0 aliphatic carbocycles. The molecule has 0 atom stereocenters. The van der Waals surface area contributed by atoms with Crippen molar-refractivity contribution in [2.45, 2.75) is 6.92 Å². The van der Waals surface area contributed by atoms with Crippen LogP contribution in [0.5, 0.6) is 0 Å². The SMILES string of the molecule is COC(=O)c1c(Nc2ccccc2)sc(C(=O)c2ccccc2)c1C. The Morgan fingerprint density at radius 1 is 0.960 bits per heavy atom. The van der Waals surface area contributed by atoms with Gasteiger partial charge in [0.1, 0.15) is 5.00 Å². The number of para-hydroxylation sites is 1. The molecule has 0 unspecified atom stereocenters. The van der Waals surface area contributed by atoms with Gasteiger partial charge >= 0.3 is 5.97 Å². The number of ketones is 1. The summed E-state index contributed by atoms with van der Waals surface area (Å²) < 4.78 is 4.91. The molecule has 0 spiro atoms. The highest BCUT2D eigenvalue weighted by Gasteiger charge is 2.25. The van der Waals surface area contributed by atoms with E-state index in [1.165, 1.54) is 18.4 Å². The van der Waals surface area contributed by atoms with E-state index in [1.807, 2.05) is 48.5 Å². The second kappa shape index (κ2) is 7.32. The van der Waals surface area contributed by atoms with Gasteiger partial charge in [-0.05, 0) is 24.6 Å². The molecule has 1 N–H and O–H groups in total.